The Balaban J connectivity index is 0. The molecule has 1 unspecified atom stereocenters. The van der Waals surface area contributed by atoms with Gasteiger partial charge in [-0.25, -0.2) is 0 Å². The average Bonchev–Trinajstić information content (AvgIpc) is 2.84. The van der Waals surface area contributed by atoms with E-state index >= 15 is 0 Å². The minimum absolute atomic E-state index is 0. The minimum atomic E-state index is -1.20. The van der Waals surface area contributed by atoms with Gasteiger partial charge in [-0.3, -0.25) is 0 Å². The fourth-order valence-corrected chi connectivity index (χ4v) is 5.12. The number of aliphatic hydroxyl groups excluding tert-OH is 1. The van der Waals surface area contributed by atoms with Gasteiger partial charge in [0.05, 0.1) is 21.1 Å². The Kier molecular flexibility index (Phi) is 16.4. The zero-order valence-electron chi connectivity index (χ0n) is 15.2. The molecular weight excluding hydrogens is 361 g/mol. The molecule has 0 radical (unpaired) electrons. The summed E-state index contributed by atoms with van der Waals surface area (Å²) >= 11 is 0. The fraction of sp³-hybridized carbons (Fsp3) is 0.867. The van der Waals surface area contributed by atoms with Gasteiger partial charge < -0.3 is 29.4 Å². The Labute approximate surface area is 175 Å². The number of carbonyl (C=O) groups excluding carboxylic acids is 2. The second-order valence-electron chi connectivity index (χ2n) is 6.65. The van der Waals surface area contributed by atoms with Gasteiger partial charge in [0.25, 0.3) is 0 Å². The minimum Gasteiger partial charge on any atom is -0.550 e. The van der Waals surface area contributed by atoms with Gasteiger partial charge in [-0.2, -0.15) is 0 Å². The van der Waals surface area contributed by atoms with Crippen molar-refractivity contribution in [3.63, 3.8) is 0 Å². The van der Waals surface area contributed by atoms with Crippen molar-refractivity contribution in [2.24, 2.45) is 0 Å². The number of carbonyl (C=O) groups is 2. The molecule has 0 aromatic rings. The quantitative estimate of drug-likeness (QED) is 0.190. The van der Waals surface area contributed by atoms with Gasteiger partial charge in [0.1, 0.15) is 12.6 Å². The summed E-state index contributed by atoms with van der Waals surface area (Å²) in [6.07, 6.45) is 3.42. The van der Waals surface area contributed by atoms with Gasteiger partial charge in [0.2, 0.25) is 0 Å². The van der Waals surface area contributed by atoms with Crippen LogP contribution in [0, 0.1) is 0 Å². The molecule has 0 aromatic carbocycles. The number of rotatable bonds is 9. The van der Waals surface area contributed by atoms with Crippen LogP contribution < -0.4 is 39.8 Å². The molecule has 1 aliphatic heterocycles. The molecule has 0 spiro atoms. The molecule has 24 heavy (non-hydrogen) atoms. The Hall–Kier alpha value is 0.560. The smallest absolute Gasteiger partial charge is 0.550 e. The maximum absolute atomic E-state index is 10.1. The summed E-state index contributed by atoms with van der Waals surface area (Å²) < 4.78 is 0.550. The Bertz CT molecular complexity index is 360. The molecule has 6 nitrogen and oxygen atoms in total. The van der Waals surface area contributed by atoms with Crippen molar-refractivity contribution in [1.29, 1.82) is 0 Å². The summed E-state index contributed by atoms with van der Waals surface area (Å²) in [5.74, 6) is -0.857. The van der Waals surface area contributed by atoms with Crippen LogP contribution in [-0.2, 0) is 9.59 Å². The number of aliphatic hydroxyl groups is 1. The van der Waals surface area contributed by atoms with Crippen LogP contribution in [0.1, 0.15) is 38.5 Å². The second kappa shape index (κ2) is 14.7. The van der Waals surface area contributed by atoms with Crippen molar-refractivity contribution in [2.75, 3.05) is 33.4 Å². The molecule has 1 rings (SSSR count). The number of hydrogen-bond donors (Lipinski definition) is 1. The largest absolute Gasteiger partial charge is 1.00 e. The molecule has 1 heterocycles. The summed E-state index contributed by atoms with van der Waals surface area (Å²) in [6.45, 7) is 0.425. The van der Waals surface area contributed by atoms with Crippen LogP contribution in [0.2, 0.25) is 0 Å². The van der Waals surface area contributed by atoms with Crippen LogP contribution in [0.15, 0.2) is 0 Å². The number of likely N-dealkylation sites (N-methyl/N-ethyl adjacent to an activating group) is 1. The molecule has 0 aromatic heterocycles. The first-order valence-electron chi connectivity index (χ1n) is 7.76. The van der Waals surface area contributed by atoms with E-state index in [-0.39, 0.29) is 42.4 Å². The Morgan fingerprint density at radius 3 is 2.25 bits per heavy atom. The Morgan fingerprint density at radius 1 is 1.21 bits per heavy atom. The maximum Gasteiger partial charge on any atom is 1.00 e. The molecule has 1 fully saturated rings. The van der Waals surface area contributed by atoms with E-state index < -0.39 is 18.0 Å². The predicted octanol–water partition coefficient (Wildman–Crippen LogP) is -3.35. The first kappa shape index (κ1) is 26.8. The molecule has 1 N–H and O–H groups in total. The number of hydrogen-bond acceptors (Lipinski definition) is 7. The van der Waals surface area contributed by atoms with Crippen LogP contribution in [0.4, 0.5) is 0 Å². The molecular formula is C15H28NNaO5S2. The van der Waals surface area contributed by atoms with E-state index in [1.807, 2.05) is 42.7 Å². The first-order valence-corrected chi connectivity index (χ1v) is 10.1. The standard InChI is InChI=1S/C8H14O2S2.C7H15NO3.Na/c9-8(10)4-2-1-3-7-5-6-11-12-7;1-8(2,3)5-6(9)4-7(10)11;/h7H,1-6H2,(H,9,10);6,9H,4-5H2,1-3H3;/q;;+1/p-1/t7-;;/m0../s1. The predicted molar refractivity (Wildman–Crippen MR) is 90.5 cm³/mol. The van der Waals surface area contributed by atoms with E-state index in [1.165, 1.54) is 18.6 Å². The van der Waals surface area contributed by atoms with Crippen LogP contribution >= 0.6 is 21.6 Å². The summed E-state index contributed by atoms with van der Waals surface area (Å²) in [4.78, 5) is 20.1. The number of aliphatic carboxylic acids is 2. The third-order valence-electron chi connectivity index (χ3n) is 3.05. The zero-order valence-corrected chi connectivity index (χ0v) is 18.8. The molecule has 2 atom stereocenters. The van der Waals surface area contributed by atoms with E-state index in [0.29, 0.717) is 11.0 Å². The average molecular weight is 390 g/mol. The van der Waals surface area contributed by atoms with E-state index in [1.54, 1.807) is 0 Å². The monoisotopic (exact) mass is 389 g/mol. The molecule has 0 bridgehead atoms. The summed E-state index contributed by atoms with van der Waals surface area (Å²) in [7, 11) is 9.55. The van der Waals surface area contributed by atoms with Gasteiger partial charge in [-0.15, -0.1) is 0 Å². The van der Waals surface area contributed by atoms with Crippen molar-refractivity contribution in [3.8, 4) is 0 Å². The molecule has 0 aliphatic carbocycles. The van der Waals surface area contributed by atoms with Crippen molar-refractivity contribution < 1.29 is 58.9 Å². The Morgan fingerprint density at radius 2 is 1.83 bits per heavy atom. The van der Waals surface area contributed by atoms with Crippen molar-refractivity contribution >= 4 is 33.5 Å². The number of nitrogens with zero attached hydrogens (tertiary/aromatic N) is 1. The van der Waals surface area contributed by atoms with Crippen LogP contribution in [0.5, 0.6) is 0 Å². The maximum atomic E-state index is 10.1. The van der Waals surface area contributed by atoms with Gasteiger partial charge in [0.15, 0.2) is 0 Å². The SMILES string of the molecule is C[N+](C)(C)CC(O)CC(=O)[O-].O=C([O-])CCCC[C@H]1CCSS1.[Na+]. The second-order valence-corrected chi connectivity index (χ2v) is 9.44. The fourth-order valence-electron chi connectivity index (χ4n) is 2.09. The topological polar surface area (TPSA) is 100 Å². The van der Waals surface area contributed by atoms with E-state index in [9.17, 15) is 19.8 Å². The molecule has 9 heteroatoms. The van der Waals surface area contributed by atoms with Gasteiger partial charge in [-0.1, -0.05) is 28.0 Å². The van der Waals surface area contributed by atoms with Crippen molar-refractivity contribution in [2.45, 2.75) is 49.9 Å². The van der Waals surface area contributed by atoms with Crippen LogP contribution in [-0.4, -0.2) is 66.3 Å². The number of unbranched alkanes of at least 4 members (excludes halogenated alkanes) is 1. The van der Waals surface area contributed by atoms with E-state index in [2.05, 4.69) is 0 Å². The molecule has 0 amide bonds. The normalized spacial score (nSPS) is 18.1. The van der Waals surface area contributed by atoms with Gasteiger partial charge in [-0.05, 0) is 25.7 Å². The molecule has 136 valence electrons. The van der Waals surface area contributed by atoms with Crippen molar-refractivity contribution in [3.05, 3.63) is 0 Å². The van der Waals surface area contributed by atoms with E-state index in [0.717, 1.165) is 18.1 Å². The molecule has 0 saturated carbocycles. The zero-order chi connectivity index (χ0) is 17.9. The van der Waals surface area contributed by atoms with Crippen molar-refractivity contribution in [1.82, 2.24) is 0 Å². The summed E-state index contributed by atoms with van der Waals surface area (Å²) in [6, 6.07) is 0. The number of carboxylic acid groups (broad SMARTS) is 2. The van der Waals surface area contributed by atoms with Gasteiger partial charge in [0, 0.05) is 29.4 Å². The third-order valence-corrected chi connectivity index (χ3v) is 6.05. The summed E-state index contributed by atoms with van der Waals surface area (Å²) in [5.41, 5.74) is 0. The number of quaternary nitrogens is 1. The van der Waals surface area contributed by atoms with Gasteiger partial charge >= 0.3 is 29.6 Å². The van der Waals surface area contributed by atoms with Crippen LogP contribution in [0.3, 0.4) is 0 Å². The van der Waals surface area contributed by atoms with Crippen LogP contribution in [0.25, 0.3) is 0 Å². The molecule has 1 saturated heterocycles. The summed E-state index contributed by atoms with van der Waals surface area (Å²) in [5, 5.41) is 30.0. The number of carboxylic acids is 2. The third kappa shape index (κ3) is 18.9. The first-order chi connectivity index (χ1) is 10.6. The van der Waals surface area contributed by atoms with E-state index in [4.69, 9.17) is 5.11 Å². The molecule has 1 aliphatic rings.